The molecule has 0 aliphatic carbocycles. The largest absolute Gasteiger partial charge is 0.469 e. The summed E-state index contributed by atoms with van der Waals surface area (Å²) in [4.78, 5) is 34.7. The second-order valence-electron chi connectivity index (χ2n) is 2.65. The summed E-state index contributed by atoms with van der Waals surface area (Å²) in [5.74, 6) is -0.245. The first-order valence-corrected chi connectivity index (χ1v) is 7.44. The lowest BCUT2D eigenvalue weighted by Gasteiger charge is -1.91. The quantitative estimate of drug-likeness (QED) is 0.543. The molecule has 6 nitrogen and oxygen atoms in total. The van der Waals surface area contributed by atoms with E-state index in [0.29, 0.717) is 33.8 Å². The number of rotatable bonds is 4. The molecule has 8 heteroatoms. The van der Waals surface area contributed by atoms with Gasteiger partial charge in [-0.25, -0.2) is 0 Å². The van der Waals surface area contributed by atoms with E-state index in [1.165, 1.54) is 14.2 Å². The molecular formula is C12H36O6Si2. The van der Waals surface area contributed by atoms with Crippen molar-refractivity contribution in [3.63, 3.8) is 0 Å². The fourth-order valence-electron chi connectivity index (χ4n) is 0.612. The van der Waals surface area contributed by atoms with Crippen molar-refractivity contribution in [3.05, 3.63) is 0 Å². The minimum Gasteiger partial charge on any atom is -0.469 e. The molecule has 20 heavy (non-hydrogen) atoms. The van der Waals surface area contributed by atoms with Crippen LogP contribution in [-0.4, -0.2) is 56.7 Å². The molecule has 0 rings (SSSR count). The first kappa shape index (κ1) is 36.5. The molecule has 0 saturated carbocycles. The van der Waals surface area contributed by atoms with Crippen molar-refractivity contribution in [2.75, 3.05) is 14.2 Å². The van der Waals surface area contributed by atoms with Gasteiger partial charge in [-0.3, -0.25) is 9.59 Å². The average molecular weight is 333 g/mol. The lowest BCUT2D eigenvalue weighted by Crippen LogP contribution is -1.97. The van der Waals surface area contributed by atoms with Crippen molar-refractivity contribution in [1.29, 1.82) is 0 Å². The van der Waals surface area contributed by atoms with Crippen LogP contribution in [0.1, 0.15) is 54.4 Å². The van der Waals surface area contributed by atoms with Gasteiger partial charge in [0.05, 0.1) is 14.2 Å². The van der Waals surface area contributed by atoms with Crippen LogP contribution in [0, 0.1) is 0 Å². The van der Waals surface area contributed by atoms with E-state index in [2.05, 4.69) is 9.47 Å². The topological polar surface area (TPSA) is 93.1 Å². The maximum absolute atomic E-state index is 10.2. The molecule has 0 atom stereocenters. The van der Waals surface area contributed by atoms with Gasteiger partial charge in [0.2, 0.25) is 0 Å². The molecule has 2 N–H and O–H groups in total. The smallest absolute Gasteiger partial charge is 0.305 e. The molecule has 0 unspecified atom stereocenters. The first-order chi connectivity index (χ1) is 8.62. The zero-order valence-corrected chi connectivity index (χ0v) is 16.4. The number of methoxy groups -OCH3 is 2. The number of hydrogen-bond donors (Lipinski definition) is 2. The Bertz CT molecular complexity index is 150. The maximum Gasteiger partial charge on any atom is 0.305 e. The van der Waals surface area contributed by atoms with E-state index in [1.54, 1.807) is 0 Å². The van der Waals surface area contributed by atoms with Gasteiger partial charge in [0.15, 0.2) is 0 Å². The van der Waals surface area contributed by atoms with E-state index in [9.17, 15) is 9.59 Å². The van der Waals surface area contributed by atoms with Crippen LogP contribution in [0.3, 0.4) is 0 Å². The number of ether oxygens (including phenoxy) is 2. The van der Waals surface area contributed by atoms with Crippen LogP contribution in [0.4, 0.5) is 0 Å². The fraction of sp³-hybridized carbons (Fsp3) is 0.833. The molecule has 0 spiro atoms. The Kier molecular flexibility index (Phi) is 78.4. The van der Waals surface area contributed by atoms with Crippen molar-refractivity contribution in [1.82, 2.24) is 0 Å². The van der Waals surface area contributed by atoms with E-state index >= 15 is 0 Å². The van der Waals surface area contributed by atoms with Crippen LogP contribution in [-0.2, 0) is 19.1 Å². The SMILES string of the molecule is C.C.CCCC(=O)OC.CCCC(=O)OC.O[SiH3].O[SiH3]. The van der Waals surface area contributed by atoms with Gasteiger partial charge in [-0.05, 0) is 12.8 Å². The van der Waals surface area contributed by atoms with Gasteiger partial charge >= 0.3 is 11.9 Å². The van der Waals surface area contributed by atoms with E-state index in [0.717, 1.165) is 12.8 Å². The van der Waals surface area contributed by atoms with E-state index < -0.39 is 0 Å². The monoisotopic (exact) mass is 332 g/mol. The van der Waals surface area contributed by atoms with Gasteiger partial charge in [-0.15, -0.1) is 0 Å². The van der Waals surface area contributed by atoms with Crippen LogP contribution in [0.15, 0.2) is 0 Å². The Morgan fingerprint density at radius 2 is 1.00 bits per heavy atom. The lowest BCUT2D eigenvalue weighted by atomic mass is 10.3. The number of carbonyl (C=O) groups is 2. The van der Waals surface area contributed by atoms with Crippen molar-refractivity contribution in [3.8, 4) is 0 Å². The highest BCUT2D eigenvalue weighted by atomic mass is 28.2. The van der Waals surface area contributed by atoms with Crippen molar-refractivity contribution >= 4 is 32.9 Å². The van der Waals surface area contributed by atoms with Crippen LogP contribution in [0.2, 0.25) is 0 Å². The molecule has 0 radical (unpaired) electrons. The van der Waals surface area contributed by atoms with E-state index in [-0.39, 0.29) is 26.8 Å². The third-order valence-corrected chi connectivity index (χ3v) is 1.36. The second-order valence-corrected chi connectivity index (χ2v) is 2.65. The predicted molar refractivity (Wildman–Crippen MR) is 91.6 cm³/mol. The summed E-state index contributed by atoms with van der Waals surface area (Å²) >= 11 is 0. The van der Waals surface area contributed by atoms with Gasteiger partial charge in [0.1, 0.15) is 21.0 Å². The zero-order chi connectivity index (χ0) is 15.4. The molecule has 0 amide bonds. The summed E-state index contributed by atoms with van der Waals surface area (Å²) in [6.45, 7) is 3.88. The minimum atomic E-state index is -0.123. The van der Waals surface area contributed by atoms with Crippen LogP contribution >= 0.6 is 0 Å². The molecule has 0 aliphatic heterocycles. The highest BCUT2D eigenvalue weighted by Gasteiger charge is 1.93. The number of esters is 2. The Morgan fingerprint density at radius 1 is 0.800 bits per heavy atom. The fourth-order valence-corrected chi connectivity index (χ4v) is 0.612. The number of carbonyl (C=O) groups excluding carboxylic acids is 2. The summed E-state index contributed by atoms with van der Waals surface area (Å²) < 4.78 is 8.70. The molecular weight excluding hydrogens is 296 g/mol. The Hall–Kier alpha value is -0.706. The van der Waals surface area contributed by atoms with E-state index in [1.807, 2.05) is 13.8 Å². The normalized spacial score (nSPS) is 6.70. The van der Waals surface area contributed by atoms with Crippen molar-refractivity contribution in [2.45, 2.75) is 54.4 Å². The van der Waals surface area contributed by atoms with Crippen molar-refractivity contribution < 1.29 is 28.7 Å². The summed E-state index contributed by atoms with van der Waals surface area (Å²) in [6.07, 6.45) is 2.81. The van der Waals surface area contributed by atoms with E-state index in [4.69, 9.17) is 9.59 Å². The van der Waals surface area contributed by atoms with Gasteiger partial charge in [-0.1, -0.05) is 28.7 Å². The summed E-state index contributed by atoms with van der Waals surface area (Å²) in [6, 6.07) is 0. The zero-order valence-electron chi connectivity index (χ0n) is 12.4. The molecule has 128 valence electrons. The first-order valence-electron chi connectivity index (χ1n) is 5.65. The highest BCUT2D eigenvalue weighted by Crippen LogP contribution is 1.87. The number of hydrogen-bond acceptors (Lipinski definition) is 6. The second kappa shape index (κ2) is 42.9. The summed E-state index contributed by atoms with van der Waals surface area (Å²) in [7, 11) is 3.41. The summed E-state index contributed by atoms with van der Waals surface area (Å²) in [5, 5.41) is 0. The molecule has 0 aromatic heterocycles. The van der Waals surface area contributed by atoms with Crippen LogP contribution in [0.25, 0.3) is 0 Å². The van der Waals surface area contributed by atoms with Gasteiger partial charge in [0, 0.05) is 12.8 Å². The third-order valence-electron chi connectivity index (χ3n) is 1.36. The lowest BCUT2D eigenvalue weighted by molar-refractivity contribution is -0.141. The summed E-state index contributed by atoms with van der Waals surface area (Å²) in [5.41, 5.74) is 0. The van der Waals surface area contributed by atoms with Crippen LogP contribution < -0.4 is 0 Å². The Morgan fingerprint density at radius 3 is 1.05 bits per heavy atom. The predicted octanol–water partition coefficient (Wildman–Crippen LogP) is -0.291. The molecule has 0 saturated heterocycles. The average Bonchev–Trinajstić information content (AvgIpc) is 2.44. The van der Waals surface area contributed by atoms with Crippen LogP contribution in [0.5, 0.6) is 0 Å². The molecule has 0 heterocycles. The Labute approximate surface area is 131 Å². The maximum atomic E-state index is 10.2. The van der Waals surface area contributed by atoms with Crippen molar-refractivity contribution in [2.24, 2.45) is 0 Å². The van der Waals surface area contributed by atoms with Gasteiger partial charge < -0.3 is 19.1 Å². The third kappa shape index (κ3) is 53.2. The molecule has 0 aromatic rings. The molecule has 0 aromatic carbocycles. The molecule has 0 bridgehead atoms. The highest BCUT2D eigenvalue weighted by molar-refractivity contribution is 5.95. The molecule has 0 fully saturated rings. The van der Waals surface area contributed by atoms with Gasteiger partial charge in [-0.2, -0.15) is 0 Å². The molecule has 0 aliphatic rings. The standard InChI is InChI=1S/2C5H10O2.2CH4.2H4OSi/c2*1-3-4-5(6)7-2;;;2*1-2/h2*3-4H2,1-2H3;2*1H4;2*1H,2H3. The minimum absolute atomic E-state index is 0. The Balaban J connectivity index is -0.0000000362. The van der Waals surface area contributed by atoms with Gasteiger partial charge in [0.25, 0.3) is 0 Å².